The lowest BCUT2D eigenvalue weighted by molar-refractivity contribution is -0.139. The van der Waals surface area contributed by atoms with Gasteiger partial charge in [-0.25, -0.2) is 4.98 Å². The van der Waals surface area contributed by atoms with Crippen LogP contribution < -0.4 is 0 Å². The van der Waals surface area contributed by atoms with Crippen LogP contribution >= 0.6 is 0 Å². The fourth-order valence-corrected chi connectivity index (χ4v) is 2.14. The first kappa shape index (κ1) is 11.1. The van der Waals surface area contributed by atoms with E-state index >= 15 is 0 Å². The standard InChI is InChI=1S/C11H17N3O2/c1-16-10(15)7-9-12-11(14-13-9)8-5-3-2-4-6-8/h8H,2-7H2,1H3,(H,12,13,14). The Morgan fingerprint density at radius 1 is 1.44 bits per heavy atom. The number of aromatic nitrogens is 3. The van der Waals surface area contributed by atoms with Crippen molar-refractivity contribution in [1.82, 2.24) is 15.2 Å². The molecule has 0 amide bonds. The summed E-state index contributed by atoms with van der Waals surface area (Å²) in [5.74, 6) is 1.65. The number of hydrogen-bond donors (Lipinski definition) is 1. The smallest absolute Gasteiger partial charge is 0.313 e. The molecule has 1 saturated carbocycles. The monoisotopic (exact) mass is 223 g/mol. The van der Waals surface area contributed by atoms with E-state index < -0.39 is 0 Å². The third-order valence-corrected chi connectivity index (χ3v) is 3.06. The van der Waals surface area contributed by atoms with Gasteiger partial charge in [0.05, 0.1) is 7.11 Å². The summed E-state index contributed by atoms with van der Waals surface area (Å²) in [5, 5.41) is 6.99. The number of aromatic amines is 1. The Balaban J connectivity index is 1.98. The van der Waals surface area contributed by atoms with Gasteiger partial charge in [-0.2, -0.15) is 5.10 Å². The minimum Gasteiger partial charge on any atom is -0.469 e. The molecule has 2 rings (SSSR count). The van der Waals surface area contributed by atoms with Gasteiger partial charge < -0.3 is 4.74 Å². The highest BCUT2D eigenvalue weighted by atomic mass is 16.5. The van der Waals surface area contributed by atoms with Gasteiger partial charge in [0.2, 0.25) is 0 Å². The molecule has 1 aliphatic rings. The topological polar surface area (TPSA) is 67.9 Å². The second-order valence-corrected chi connectivity index (χ2v) is 4.23. The molecule has 0 aromatic carbocycles. The number of nitrogens with one attached hydrogen (secondary N) is 1. The SMILES string of the molecule is COC(=O)Cc1nc(C2CCCCC2)n[nH]1. The number of ether oxygens (including phenoxy) is 1. The summed E-state index contributed by atoms with van der Waals surface area (Å²) < 4.78 is 4.58. The molecule has 0 radical (unpaired) electrons. The van der Waals surface area contributed by atoms with Gasteiger partial charge in [-0.1, -0.05) is 19.3 Å². The molecule has 1 aromatic rings. The van der Waals surface area contributed by atoms with E-state index in [-0.39, 0.29) is 12.4 Å². The lowest BCUT2D eigenvalue weighted by Gasteiger charge is -2.17. The first-order valence-electron chi connectivity index (χ1n) is 5.77. The molecule has 0 unspecified atom stereocenters. The van der Waals surface area contributed by atoms with Crippen molar-refractivity contribution in [3.63, 3.8) is 0 Å². The number of methoxy groups -OCH3 is 1. The van der Waals surface area contributed by atoms with Crippen LogP contribution in [0.15, 0.2) is 0 Å². The Morgan fingerprint density at radius 3 is 2.88 bits per heavy atom. The Morgan fingerprint density at radius 2 is 2.19 bits per heavy atom. The lowest BCUT2D eigenvalue weighted by atomic mass is 9.89. The number of esters is 1. The van der Waals surface area contributed by atoms with Crippen molar-refractivity contribution >= 4 is 5.97 Å². The largest absolute Gasteiger partial charge is 0.469 e. The quantitative estimate of drug-likeness (QED) is 0.790. The number of carbonyl (C=O) groups is 1. The van der Waals surface area contributed by atoms with E-state index in [0.717, 1.165) is 18.7 Å². The van der Waals surface area contributed by atoms with Crippen molar-refractivity contribution in [2.24, 2.45) is 0 Å². The molecule has 1 N–H and O–H groups in total. The first-order valence-corrected chi connectivity index (χ1v) is 5.77. The molecule has 1 aromatic heterocycles. The van der Waals surface area contributed by atoms with Gasteiger partial charge in [-0.05, 0) is 12.8 Å². The Hall–Kier alpha value is -1.39. The van der Waals surface area contributed by atoms with E-state index in [1.165, 1.54) is 26.4 Å². The van der Waals surface area contributed by atoms with E-state index in [9.17, 15) is 4.79 Å². The second-order valence-electron chi connectivity index (χ2n) is 4.23. The molecular weight excluding hydrogens is 206 g/mol. The Bertz CT molecular complexity index is 356. The average molecular weight is 223 g/mol. The van der Waals surface area contributed by atoms with Gasteiger partial charge in [0.25, 0.3) is 0 Å². The maximum absolute atomic E-state index is 11.1. The zero-order valence-corrected chi connectivity index (χ0v) is 9.53. The molecule has 0 aliphatic heterocycles. The van der Waals surface area contributed by atoms with E-state index in [1.807, 2.05) is 0 Å². The summed E-state index contributed by atoms with van der Waals surface area (Å²) in [6, 6.07) is 0. The van der Waals surface area contributed by atoms with Gasteiger partial charge in [0.1, 0.15) is 12.2 Å². The predicted octanol–water partition coefficient (Wildman–Crippen LogP) is 1.57. The van der Waals surface area contributed by atoms with Crippen LogP contribution in [0.3, 0.4) is 0 Å². The molecular formula is C11H17N3O2. The van der Waals surface area contributed by atoms with Gasteiger partial charge >= 0.3 is 5.97 Å². The van der Waals surface area contributed by atoms with Crippen molar-refractivity contribution in [1.29, 1.82) is 0 Å². The molecule has 1 fully saturated rings. The van der Waals surface area contributed by atoms with Gasteiger partial charge in [-0.3, -0.25) is 9.89 Å². The third-order valence-electron chi connectivity index (χ3n) is 3.06. The molecule has 0 atom stereocenters. The molecule has 0 bridgehead atoms. The third kappa shape index (κ3) is 2.59. The van der Waals surface area contributed by atoms with Crippen molar-refractivity contribution < 1.29 is 9.53 Å². The zero-order valence-electron chi connectivity index (χ0n) is 9.53. The highest BCUT2D eigenvalue weighted by Crippen LogP contribution is 2.30. The van der Waals surface area contributed by atoms with E-state index in [0.29, 0.717) is 11.7 Å². The fraction of sp³-hybridized carbons (Fsp3) is 0.727. The summed E-state index contributed by atoms with van der Waals surface area (Å²) in [6.07, 6.45) is 6.33. The maximum atomic E-state index is 11.1. The van der Waals surface area contributed by atoms with Crippen molar-refractivity contribution in [3.8, 4) is 0 Å². The van der Waals surface area contributed by atoms with Crippen LogP contribution in [-0.4, -0.2) is 28.3 Å². The lowest BCUT2D eigenvalue weighted by Crippen LogP contribution is -2.07. The van der Waals surface area contributed by atoms with Crippen molar-refractivity contribution in [2.75, 3.05) is 7.11 Å². The number of carbonyl (C=O) groups excluding carboxylic acids is 1. The van der Waals surface area contributed by atoms with Gasteiger partial charge in [0.15, 0.2) is 5.82 Å². The van der Waals surface area contributed by atoms with Crippen LogP contribution in [-0.2, 0) is 16.0 Å². The molecule has 1 heterocycles. The number of H-pyrrole nitrogens is 1. The number of hydrogen-bond acceptors (Lipinski definition) is 4. The average Bonchev–Trinajstić information content (AvgIpc) is 2.78. The van der Waals surface area contributed by atoms with Crippen LogP contribution in [0, 0.1) is 0 Å². The number of rotatable bonds is 3. The van der Waals surface area contributed by atoms with Gasteiger partial charge in [-0.15, -0.1) is 0 Å². The summed E-state index contributed by atoms with van der Waals surface area (Å²) in [5.41, 5.74) is 0. The van der Waals surface area contributed by atoms with Crippen LogP contribution in [0.4, 0.5) is 0 Å². The highest BCUT2D eigenvalue weighted by molar-refractivity contribution is 5.71. The Labute approximate surface area is 94.6 Å². The van der Waals surface area contributed by atoms with Gasteiger partial charge in [0, 0.05) is 5.92 Å². The van der Waals surface area contributed by atoms with Crippen molar-refractivity contribution in [2.45, 2.75) is 44.4 Å². The highest BCUT2D eigenvalue weighted by Gasteiger charge is 2.20. The molecule has 0 spiro atoms. The van der Waals surface area contributed by atoms with Crippen LogP contribution in [0.5, 0.6) is 0 Å². The van der Waals surface area contributed by atoms with Crippen LogP contribution in [0.2, 0.25) is 0 Å². The fourth-order valence-electron chi connectivity index (χ4n) is 2.14. The van der Waals surface area contributed by atoms with E-state index in [4.69, 9.17) is 0 Å². The molecule has 5 heteroatoms. The van der Waals surface area contributed by atoms with Crippen molar-refractivity contribution in [3.05, 3.63) is 11.6 Å². The number of nitrogens with zero attached hydrogens (tertiary/aromatic N) is 2. The summed E-state index contributed by atoms with van der Waals surface area (Å²) >= 11 is 0. The summed E-state index contributed by atoms with van der Waals surface area (Å²) in [6.45, 7) is 0. The van der Waals surface area contributed by atoms with Crippen LogP contribution in [0.1, 0.15) is 49.7 Å². The molecule has 0 saturated heterocycles. The van der Waals surface area contributed by atoms with E-state index in [1.54, 1.807) is 0 Å². The summed E-state index contributed by atoms with van der Waals surface area (Å²) in [7, 11) is 1.38. The summed E-state index contributed by atoms with van der Waals surface area (Å²) in [4.78, 5) is 15.4. The molecule has 1 aliphatic carbocycles. The van der Waals surface area contributed by atoms with Crippen LogP contribution in [0.25, 0.3) is 0 Å². The predicted molar refractivity (Wildman–Crippen MR) is 57.9 cm³/mol. The molecule has 16 heavy (non-hydrogen) atoms. The molecule has 5 nitrogen and oxygen atoms in total. The minimum atomic E-state index is -0.286. The zero-order chi connectivity index (χ0) is 11.4. The second kappa shape index (κ2) is 5.09. The minimum absolute atomic E-state index is 0.177. The Kier molecular flexibility index (Phi) is 3.54. The normalized spacial score (nSPS) is 17.3. The molecule has 88 valence electrons. The first-order chi connectivity index (χ1) is 7.79. The maximum Gasteiger partial charge on any atom is 0.313 e. The van der Waals surface area contributed by atoms with E-state index in [2.05, 4.69) is 19.9 Å².